The lowest BCUT2D eigenvalue weighted by molar-refractivity contribution is -0.137. The van der Waals surface area contributed by atoms with Crippen LogP contribution in [0, 0.1) is 0 Å². The minimum absolute atomic E-state index is 0.0596. The van der Waals surface area contributed by atoms with Gasteiger partial charge in [0, 0.05) is 22.7 Å². The van der Waals surface area contributed by atoms with Crippen molar-refractivity contribution in [3.05, 3.63) is 59.8 Å². The van der Waals surface area contributed by atoms with Crippen LogP contribution in [0.4, 0.5) is 13.2 Å². The summed E-state index contributed by atoms with van der Waals surface area (Å²) in [6.07, 6.45) is -3.52. The second kappa shape index (κ2) is 6.08. The quantitative estimate of drug-likeness (QED) is 0.751. The zero-order valence-electron chi connectivity index (χ0n) is 13.0. The largest absolute Gasteiger partial charge is 0.496 e. The Morgan fingerprint density at radius 2 is 1.88 bits per heavy atom. The molecule has 3 aromatic rings. The minimum Gasteiger partial charge on any atom is -0.496 e. The number of aromatic nitrogens is 1. The highest BCUT2D eigenvalue weighted by Crippen LogP contribution is 2.45. The van der Waals surface area contributed by atoms with Crippen molar-refractivity contribution in [3.8, 4) is 16.9 Å². The number of halogens is 3. The molecule has 1 aromatic heterocycles. The number of carboxylic acids is 1. The lowest BCUT2D eigenvalue weighted by Gasteiger charge is -2.19. The van der Waals surface area contributed by atoms with E-state index in [2.05, 4.69) is 4.98 Å². The SMILES string of the molecule is COc1ccccc1-c1c(C(F)(F)F)c(C(=O)O)cc2cccnc12. The van der Waals surface area contributed by atoms with E-state index in [-0.39, 0.29) is 22.4 Å². The first-order valence-corrected chi connectivity index (χ1v) is 7.20. The molecule has 0 radical (unpaired) electrons. The van der Waals surface area contributed by atoms with Crippen molar-refractivity contribution in [2.45, 2.75) is 6.18 Å². The summed E-state index contributed by atoms with van der Waals surface area (Å²) in [5.41, 5.74) is -2.18. The van der Waals surface area contributed by atoms with Crippen molar-refractivity contribution >= 4 is 16.9 Å². The summed E-state index contributed by atoms with van der Waals surface area (Å²) in [7, 11) is 1.34. The predicted octanol–water partition coefficient (Wildman–Crippen LogP) is 4.63. The maximum Gasteiger partial charge on any atom is 0.417 e. The van der Waals surface area contributed by atoms with Gasteiger partial charge in [0.2, 0.25) is 0 Å². The van der Waals surface area contributed by atoms with E-state index in [4.69, 9.17) is 4.74 Å². The van der Waals surface area contributed by atoms with Gasteiger partial charge >= 0.3 is 12.1 Å². The Balaban J connectivity index is 2.57. The van der Waals surface area contributed by atoms with Crippen LogP contribution in [0.3, 0.4) is 0 Å². The van der Waals surface area contributed by atoms with Gasteiger partial charge in [-0.2, -0.15) is 13.2 Å². The lowest BCUT2D eigenvalue weighted by atomic mass is 9.91. The third-order valence-corrected chi connectivity index (χ3v) is 3.79. The molecule has 0 unspecified atom stereocenters. The van der Waals surface area contributed by atoms with Gasteiger partial charge in [0.25, 0.3) is 0 Å². The number of carboxylic acid groups (broad SMARTS) is 1. The Morgan fingerprint density at radius 3 is 2.52 bits per heavy atom. The van der Waals surface area contributed by atoms with Gasteiger partial charge in [0.1, 0.15) is 5.75 Å². The fraction of sp³-hybridized carbons (Fsp3) is 0.111. The van der Waals surface area contributed by atoms with Crippen LogP contribution in [-0.4, -0.2) is 23.2 Å². The number of hydrogen-bond acceptors (Lipinski definition) is 3. The van der Waals surface area contributed by atoms with E-state index in [0.717, 1.165) is 6.07 Å². The van der Waals surface area contributed by atoms with Crippen LogP contribution >= 0.6 is 0 Å². The average Bonchev–Trinajstić information content (AvgIpc) is 2.59. The molecule has 0 aliphatic rings. The van der Waals surface area contributed by atoms with Crippen LogP contribution in [0.15, 0.2) is 48.7 Å². The fourth-order valence-corrected chi connectivity index (χ4v) is 2.80. The molecule has 3 rings (SSSR count). The number of methoxy groups -OCH3 is 1. The topological polar surface area (TPSA) is 59.4 Å². The summed E-state index contributed by atoms with van der Waals surface area (Å²) in [4.78, 5) is 15.6. The Hall–Kier alpha value is -3.09. The Morgan fingerprint density at radius 1 is 1.16 bits per heavy atom. The number of hydrogen-bond donors (Lipinski definition) is 1. The van der Waals surface area contributed by atoms with Crippen molar-refractivity contribution in [2.24, 2.45) is 0 Å². The first-order valence-electron chi connectivity index (χ1n) is 7.20. The molecule has 0 spiro atoms. The first kappa shape index (κ1) is 16.8. The molecule has 0 saturated heterocycles. The monoisotopic (exact) mass is 347 g/mol. The molecule has 0 atom stereocenters. The molecule has 0 amide bonds. The van der Waals surface area contributed by atoms with E-state index in [1.165, 1.54) is 37.6 Å². The highest BCUT2D eigenvalue weighted by atomic mass is 19.4. The molecular weight excluding hydrogens is 335 g/mol. The van der Waals surface area contributed by atoms with E-state index in [1.54, 1.807) is 12.1 Å². The van der Waals surface area contributed by atoms with Crippen molar-refractivity contribution in [2.75, 3.05) is 7.11 Å². The molecule has 2 aromatic carbocycles. The number of fused-ring (bicyclic) bond motifs is 1. The number of para-hydroxylation sites is 1. The van der Waals surface area contributed by atoms with Crippen LogP contribution in [0.1, 0.15) is 15.9 Å². The molecule has 0 fully saturated rings. The zero-order valence-corrected chi connectivity index (χ0v) is 13.0. The first-order chi connectivity index (χ1) is 11.8. The molecular formula is C18H12F3NO3. The van der Waals surface area contributed by atoms with Crippen molar-refractivity contribution < 1.29 is 27.8 Å². The van der Waals surface area contributed by atoms with Crippen LogP contribution in [0.25, 0.3) is 22.0 Å². The summed E-state index contributed by atoms with van der Waals surface area (Å²) in [6.45, 7) is 0. The van der Waals surface area contributed by atoms with Crippen molar-refractivity contribution in [1.82, 2.24) is 4.98 Å². The molecule has 0 aliphatic heterocycles. The average molecular weight is 347 g/mol. The molecule has 4 nitrogen and oxygen atoms in total. The van der Waals surface area contributed by atoms with Gasteiger partial charge in [-0.15, -0.1) is 0 Å². The second-order valence-electron chi connectivity index (χ2n) is 5.25. The van der Waals surface area contributed by atoms with Gasteiger partial charge in [0.15, 0.2) is 0 Å². The van der Waals surface area contributed by atoms with Gasteiger partial charge in [-0.3, -0.25) is 4.98 Å². The highest BCUT2D eigenvalue weighted by Gasteiger charge is 2.40. The summed E-state index contributed by atoms with van der Waals surface area (Å²) < 4.78 is 46.5. The number of ether oxygens (including phenoxy) is 1. The number of pyridine rings is 1. The van der Waals surface area contributed by atoms with Gasteiger partial charge in [-0.05, 0) is 18.2 Å². The molecule has 25 heavy (non-hydrogen) atoms. The maximum absolute atomic E-state index is 13.8. The third-order valence-electron chi connectivity index (χ3n) is 3.79. The van der Waals surface area contributed by atoms with Gasteiger partial charge in [-0.25, -0.2) is 4.79 Å². The van der Waals surface area contributed by atoms with Gasteiger partial charge in [-0.1, -0.05) is 24.3 Å². The van der Waals surface area contributed by atoms with Crippen LogP contribution in [0.2, 0.25) is 0 Å². The molecule has 1 N–H and O–H groups in total. The number of aromatic carboxylic acids is 1. The summed E-state index contributed by atoms with van der Waals surface area (Å²) in [5.74, 6) is -1.46. The van der Waals surface area contributed by atoms with Gasteiger partial charge in [0.05, 0.1) is 23.8 Å². The van der Waals surface area contributed by atoms with E-state index >= 15 is 0 Å². The zero-order chi connectivity index (χ0) is 18.2. The molecule has 0 bridgehead atoms. The van der Waals surface area contributed by atoms with Crippen LogP contribution in [0.5, 0.6) is 5.75 Å². The fourth-order valence-electron chi connectivity index (χ4n) is 2.80. The van der Waals surface area contributed by atoms with E-state index in [9.17, 15) is 23.1 Å². The number of benzene rings is 2. The van der Waals surface area contributed by atoms with Crippen molar-refractivity contribution in [3.63, 3.8) is 0 Å². The van der Waals surface area contributed by atoms with E-state index in [0.29, 0.717) is 5.39 Å². The number of alkyl halides is 3. The Kier molecular flexibility index (Phi) is 4.08. The molecule has 7 heteroatoms. The number of nitrogens with zero attached hydrogens (tertiary/aromatic N) is 1. The smallest absolute Gasteiger partial charge is 0.417 e. The lowest BCUT2D eigenvalue weighted by Crippen LogP contribution is -2.15. The van der Waals surface area contributed by atoms with Gasteiger partial charge < -0.3 is 9.84 Å². The second-order valence-corrected chi connectivity index (χ2v) is 5.25. The number of rotatable bonds is 3. The third kappa shape index (κ3) is 2.88. The Bertz CT molecular complexity index is 967. The predicted molar refractivity (Wildman–Crippen MR) is 85.7 cm³/mol. The molecule has 0 aliphatic carbocycles. The highest BCUT2D eigenvalue weighted by molar-refractivity contribution is 6.04. The summed E-state index contributed by atoms with van der Waals surface area (Å²) in [5, 5.41) is 9.63. The van der Waals surface area contributed by atoms with Crippen molar-refractivity contribution in [1.29, 1.82) is 0 Å². The van der Waals surface area contributed by atoms with E-state index in [1.807, 2.05) is 0 Å². The minimum atomic E-state index is -4.88. The molecule has 1 heterocycles. The maximum atomic E-state index is 13.8. The standard InChI is InChI=1S/C18H12F3NO3/c1-25-13-7-3-2-6-11(13)14-15(18(19,20)21)12(17(23)24)9-10-5-4-8-22-16(10)14/h2-9H,1H3,(H,23,24). The molecule has 128 valence electrons. The number of carbonyl (C=O) groups is 1. The normalized spacial score (nSPS) is 11.5. The van der Waals surface area contributed by atoms with E-state index < -0.39 is 23.3 Å². The Labute approximate surface area is 140 Å². The van der Waals surface area contributed by atoms with Crippen LogP contribution < -0.4 is 4.74 Å². The summed E-state index contributed by atoms with van der Waals surface area (Å²) >= 11 is 0. The summed E-state index contributed by atoms with van der Waals surface area (Å²) in [6, 6.07) is 10.2. The molecule has 0 saturated carbocycles. The van der Waals surface area contributed by atoms with Crippen LogP contribution in [-0.2, 0) is 6.18 Å².